The molecule has 5 aromatic rings. The van der Waals surface area contributed by atoms with E-state index in [1.165, 1.54) is 6.07 Å². The third-order valence-electron chi connectivity index (χ3n) is 6.63. The van der Waals surface area contributed by atoms with Crippen molar-refractivity contribution in [2.75, 3.05) is 56.6 Å². The first-order valence-electron chi connectivity index (χ1n) is 12.2. The Morgan fingerprint density at radius 3 is 2.76 bits per heavy atom. The molecule has 1 saturated heterocycles. The lowest BCUT2D eigenvalue weighted by molar-refractivity contribution is 0.201. The molecule has 4 aromatic heterocycles. The van der Waals surface area contributed by atoms with Gasteiger partial charge in [-0.05, 0) is 30.3 Å². The lowest BCUT2D eigenvalue weighted by Gasteiger charge is -2.36. The minimum Gasteiger partial charge on any atom is -0.491 e. The maximum absolute atomic E-state index is 14.5. The van der Waals surface area contributed by atoms with Crippen molar-refractivity contribution >= 4 is 28.2 Å². The van der Waals surface area contributed by atoms with Crippen LogP contribution >= 0.6 is 0 Å². The summed E-state index contributed by atoms with van der Waals surface area (Å²) in [5, 5.41) is 18.9. The Bertz CT molecular complexity index is 1520. The lowest BCUT2D eigenvalue weighted by Crippen LogP contribution is -2.47. The van der Waals surface area contributed by atoms with E-state index in [-0.39, 0.29) is 25.0 Å². The Balaban J connectivity index is 1.13. The largest absolute Gasteiger partial charge is 0.491 e. The summed E-state index contributed by atoms with van der Waals surface area (Å²) in [4.78, 5) is 8.91. The van der Waals surface area contributed by atoms with Crippen LogP contribution in [0, 0.1) is 5.82 Å². The van der Waals surface area contributed by atoms with Gasteiger partial charge in [0.15, 0.2) is 11.4 Å². The monoisotopic (exact) mass is 506 g/mol. The van der Waals surface area contributed by atoms with Gasteiger partial charge in [-0.1, -0.05) is 0 Å². The molecule has 12 heteroatoms. The number of piperazine rings is 1. The van der Waals surface area contributed by atoms with Crippen molar-refractivity contribution in [3.8, 4) is 17.2 Å². The summed E-state index contributed by atoms with van der Waals surface area (Å²) in [6, 6.07) is 10.3. The van der Waals surface area contributed by atoms with Crippen LogP contribution < -0.4 is 15.4 Å². The molecule has 0 aliphatic carbocycles. The van der Waals surface area contributed by atoms with Crippen LogP contribution in [0.15, 0.2) is 53.3 Å². The van der Waals surface area contributed by atoms with Gasteiger partial charge in [0, 0.05) is 38.8 Å². The Morgan fingerprint density at radius 1 is 1.11 bits per heavy atom. The zero-order chi connectivity index (χ0) is 25.4. The normalized spacial score (nSPS) is 14.7. The zero-order valence-electron chi connectivity index (χ0n) is 20.1. The number of aliphatic hydroxyl groups is 1. The second kappa shape index (κ2) is 9.71. The average molecular weight is 507 g/mol. The first-order chi connectivity index (χ1) is 18.1. The molecular weight excluding hydrogens is 479 g/mol. The minimum absolute atomic E-state index is 0.0850. The van der Waals surface area contributed by atoms with Crippen molar-refractivity contribution in [3.05, 3.63) is 54.7 Å². The third-order valence-corrected chi connectivity index (χ3v) is 6.63. The van der Waals surface area contributed by atoms with Crippen molar-refractivity contribution in [1.29, 1.82) is 0 Å². The summed E-state index contributed by atoms with van der Waals surface area (Å²) in [5.41, 5.74) is 8.95. The number of rotatable bonds is 8. The van der Waals surface area contributed by atoms with Crippen LogP contribution in [-0.2, 0) is 6.54 Å². The highest BCUT2D eigenvalue weighted by Crippen LogP contribution is 2.28. The van der Waals surface area contributed by atoms with Crippen LogP contribution in [0.3, 0.4) is 0 Å². The molecule has 11 nitrogen and oxygen atoms in total. The molecule has 0 spiro atoms. The topological polar surface area (TPSA) is 123 Å². The van der Waals surface area contributed by atoms with E-state index in [0.29, 0.717) is 48.2 Å². The summed E-state index contributed by atoms with van der Waals surface area (Å²) in [6.45, 7) is 4.47. The van der Waals surface area contributed by atoms with Gasteiger partial charge in [0.05, 0.1) is 42.2 Å². The Morgan fingerprint density at radius 2 is 1.97 bits per heavy atom. The molecule has 192 valence electrons. The molecule has 0 unspecified atom stereocenters. The van der Waals surface area contributed by atoms with Crippen molar-refractivity contribution in [2.45, 2.75) is 6.54 Å². The summed E-state index contributed by atoms with van der Waals surface area (Å²) in [6.07, 6.45) is 3.40. The standard InChI is InChI=1S/C25H27FN8O3/c26-19-4-3-17(36-13-11-35)14-22(19)32-8-5-31(6-9-32)7-10-33-24-18(16-28-33)21-15-20(23-2-1-12-37-23)30-34(21)25(27)29-24/h1-4,12,14-16,35H,5-11,13H2,(H2,27,29). The number of benzene rings is 1. The Kier molecular flexibility index (Phi) is 6.10. The molecule has 1 aliphatic rings. The number of halogens is 1. The van der Waals surface area contributed by atoms with E-state index in [1.807, 2.05) is 27.8 Å². The van der Waals surface area contributed by atoms with E-state index < -0.39 is 0 Å². The van der Waals surface area contributed by atoms with E-state index >= 15 is 0 Å². The van der Waals surface area contributed by atoms with Crippen LogP contribution in [0.1, 0.15) is 0 Å². The van der Waals surface area contributed by atoms with Crippen LogP contribution in [0.25, 0.3) is 28.0 Å². The minimum atomic E-state index is -0.280. The highest BCUT2D eigenvalue weighted by molar-refractivity contribution is 5.93. The Hall–Kier alpha value is -4.16. The van der Waals surface area contributed by atoms with Crippen LogP contribution in [0.4, 0.5) is 16.0 Å². The molecule has 0 bridgehead atoms. The van der Waals surface area contributed by atoms with Gasteiger partial charge in [-0.3, -0.25) is 4.90 Å². The maximum Gasteiger partial charge on any atom is 0.223 e. The van der Waals surface area contributed by atoms with E-state index in [1.54, 1.807) is 29.1 Å². The summed E-state index contributed by atoms with van der Waals surface area (Å²) in [5.74, 6) is 1.21. The number of ether oxygens (including phenoxy) is 1. The van der Waals surface area contributed by atoms with Crippen LogP contribution in [0.5, 0.6) is 5.75 Å². The van der Waals surface area contributed by atoms with Gasteiger partial charge in [-0.15, -0.1) is 0 Å². The number of anilines is 2. The van der Waals surface area contributed by atoms with Gasteiger partial charge in [-0.25, -0.2) is 9.07 Å². The molecule has 0 radical (unpaired) electrons. The van der Waals surface area contributed by atoms with Crippen molar-refractivity contribution in [3.63, 3.8) is 0 Å². The Labute approximate surface area is 211 Å². The quantitative estimate of drug-likeness (QED) is 0.326. The number of nitrogens with two attached hydrogens (primary N) is 1. The highest BCUT2D eigenvalue weighted by Gasteiger charge is 2.21. The molecule has 0 saturated carbocycles. The second-order valence-electron chi connectivity index (χ2n) is 8.89. The lowest BCUT2D eigenvalue weighted by atomic mass is 10.2. The third kappa shape index (κ3) is 4.45. The number of nitrogens with zero attached hydrogens (tertiary/aromatic N) is 7. The van der Waals surface area contributed by atoms with Crippen molar-refractivity contribution in [1.82, 2.24) is 29.3 Å². The molecule has 1 fully saturated rings. The van der Waals surface area contributed by atoms with Gasteiger partial charge in [0.25, 0.3) is 0 Å². The maximum atomic E-state index is 14.5. The molecule has 3 N–H and O–H groups in total. The molecular formula is C25H27FN8O3. The number of furan rings is 1. The SMILES string of the molecule is Nc1nc2c(cnn2CCN2CCN(c3cc(OCCO)ccc3F)CC2)c2cc(-c3ccco3)nn12. The first kappa shape index (κ1) is 23.3. The predicted molar refractivity (Wildman–Crippen MR) is 136 cm³/mol. The van der Waals surface area contributed by atoms with Gasteiger partial charge >= 0.3 is 0 Å². The molecule has 1 aliphatic heterocycles. The smallest absolute Gasteiger partial charge is 0.223 e. The fourth-order valence-electron chi connectivity index (χ4n) is 4.73. The van der Waals surface area contributed by atoms with Gasteiger partial charge in [0.2, 0.25) is 5.95 Å². The van der Waals surface area contributed by atoms with E-state index in [9.17, 15) is 4.39 Å². The average Bonchev–Trinajstić information content (AvgIpc) is 3.67. The molecule has 5 heterocycles. The predicted octanol–water partition coefficient (Wildman–Crippen LogP) is 2.25. The first-order valence-corrected chi connectivity index (χ1v) is 12.2. The van der Waals surface area contributed by atoms with E-state index in [0.717, 1.165) is 30.5 Å². The fourth-order valence-corrected chi connectivity index (χ4v) is 4.73. The molecule has 0 amide bonds. The second-order valence-corrected chi connectivity index (χ2v) is 8.89. The van der Waals surface area contributed by atoms with E-state index in [4.69, 9.17) is 20.0 Å². The number of fused-ring (bicyclic) bond motifs is 3. The molecule has 6 rings (SSSR count). The number of hydrogen-bond donors (Lipinski definition) is 2. The summed E-state index contributed by atoms with van der Waals surface area (Å²) in [7, 11) is 0. The highest BCUT2D eigenvalue weighted by atomic mass is 19.1. The van der Waals surface area contributed by atoms with Crippen LogP contribution in [0.2, 0.25) is 0 Å². The van der Waals surface area contributed by atoms with Gasteiger partial charge in [-0.2, -0.15) is 19.7 Å². The number of nitrogen functional groups attached to an aromatic ring is 1. The zero-order valence-corrected chi connectivity index (χ0v) is 20.1. The summed E-state index contributed by atoms with van der Waals surface area (Å²) >= 11 is 0. The van der Waals surface area contributed by atoms with Crippen LogP contribution in [-0.4, -0.2) is 80.3 Å². The van der Waals surface area contributed by atoms with Crippen molar-refractivity contribution in [2.24, 2.45) is 0 Å². The number of hydrogen-bond acceptors (Lipinski definition) is 9. The molecule has 37 heavy (non-hydrogen) atoms. The fraction of sp³-hybridized carbons (Fsp3) is 0.320. The van der Waals surface area contributed by atoms with Gasteiger partial charge in [0.1, 0.15) is 23.9 Å². The van der Waals surface area contributed by atoms with Gasteiger partial charge < -0.3 is 24.9 Å². The van der Waals surface area contributed by atoms with Crippen molar-refractivity contribution < 1.29 is 18.7 Å². The summed E-state index contributed by atoms with van der Waals surface area (Å²) < 4.78 is 28.9. The molecule has 0 atom stereocenters. The van der Waals surface area contributed by atoms with E-state index in [2.05, 4.69) is 20.1 Å². The number of aliphatic hydroxyl groups excluding tert-OH is 1. The molecule has 1 aromatic carbocycles. The number of aromatic nitrogens is 5.